The smallest absolute Gasteiger partial charge is 0.306 e. The standard InChI is InChI=1S/C17H26N2O3/c1-5-12-6-8-13(9-7-12)19-16(21)14(18)10-11-15(20)22-17(2,3)4/h6-9,14H,5,10-11,18H2,1-4H3,(H,19,21)/t14-/m0/s1. The van der Waals surface area contributed by atoms with Crippen LogP contribution in [0.4, 0.5) is 5.69 Å². The van der Waals surface area contributed by atoms with Gasteiger partial charge in [0.1, 0.15) is 5.60 Å². The maximum absolute atomic E-state index is 12.0. The van der Waals surface area contributed by atoms with Gasteiger partial charge in [0, 0.05) is 12.1 Å². The highest BCUT2D eigenvalue weighted by Crippen LogP contribution is 2.12. The molecule has 0 fully saturated rings. The molecule has 1 aromatic carbocycles. The van der Waals surface area contributed by atoms with Crippen LogP contribution >= 0.6 is 0 Å². The average molecular weight is 306 g/mol. The molecular formula is C17H26N2O3. The van der Waals surface area contributed by atoms with Crippen LogP contribution in [0.2, 0.25) is 0 Å². The van der Waals surface area contributed by atoms with Crippen molar-refractivity contribution in [2.24, 2.45) is 5.73 Å². The molecule has 0 aliphatic carbocycles. The van der Waals surface area contributed by atoms with Gasteiger partial charge in [0.15, 0.2) is 0 Å². The van der Waals surface area contributed by atoms with E-state index in [9.17, 15) is 9.59 Å². The third-order valence-electron chi connectivity index (χ3n) is 3.05. The largest absolute Gasteiger partial charge is 0.460 e. The van der Waals surface area contributed by atoms with Crippen molar-refractivity contribution in [3.63, 3.8) is 0 Å². The van der Waals surface area contributed by atoms with Gasteiger partial charge < -0.3 is 15.8 Å². The maximum atomic E-state index is 12.0. The lowest BCUT2D eigenvalue weighted by Gasteiger charge is -2.20. The van der Waals surface area contributed by atoms with Crippen LogP contribution in [0.15, 0.2) is 24.3 Å². The molecule has 0 heterocycles. The summed E-state index contributed by atoms with van der Waals surface area (Å²) >= 11 is 0. The molecule has 0 aromatic heterocycles. The molecule has 0 saturated carbocycles. The van der Waals surface area contributed by atoms with Crippen molar-refractivity contribution in [1.29, 1.82) is 0 Å². The normalized spacial score (nSPS) is 12.6. The quantitative estimate of drug-likeness (QED) is 0.792. The molecule has 0 aliphatic heterocycles. The molecule has 5 heteroatoms. The number of hydrogen-bond donors (Lipinski definition) is 2. The summed E-state index contributed by atoms with van der Waals surface area (Å²) in [5.41, 5.74) is 7.19. The van der Waals surface area contributed by atoms with Gasteiger partial charge in [-0.3, -0.25) is 9.59 Å². The highest BCUT2D eigenvalue weighted by Gasteiger charge is 2.19. The number of rotatable bonds is 6. The summed E-state index contributed by atoms with van der Waals surface area (Å²) in [4.78, 5) is 23.6. The highest BCUT2D eigenvalue weighted by atomic mass is 16.6. The number of carbonyl (C=O) groups excluding carboxylic acids is 2. The molecule has 1 atom stereocenters. The third-order valence-corrected chi connectivity index (χ3v) is 3.05. The molecule has 0 spiro atoms. The van der Waals surface area contributed by atoms with E-state index in [-0.39, 0.29) is 24.7 Å². The minimum Gasteiger partial charge on any atom is -0.460 e. The molecule has 0 aliphatic rings. The second-order valence-electron chi connectivity index (χ2n) is 6.27. The Balaban J connectivity index is 2.42. The number of carbonyl (C=O) groups is 2. The van der Waals surface area contributed by atoms with E-state index in [0.717, 1.165) is 6.42 Å². The molecule has 0 unspecified atom stereocenters. The third kappa shape index (κ3) is 6.72. The Labute approximate surface area is 132 Å². The van der Waals surface area contributed by atoms with E-state index in [4.69, 9.17) is 10.5 Å². The van der Waals surface area contributed by atoms with Crippen LogP contribution in [0.25, 0.3) is 0 Å². The molecule has 0 saturated heterocycles. The Morgan fingerprint density at radius 2 is 1.82 bits per heavy atom. The Kier molecular flexibility index (Phi) is 6.56. The van der Waals surface area contributed by atoms with Crippen LogP contribution in [0.3, 0.4) is 0 Å². The van der Waals surface area contributed by atoms with Crippen molar-refractivity contribution in [3.8, 4) is 0 Å². The fourth-order valence-electron chi connectivity index (χ4n) is 1.86. The van der Waals surface area contributed by atoms with Crippen LogP contribution in [-0.2, 0) is 20.7 Å². The molecule has 1 amide bonds. The summed E-state index contributed by atoms with van der Waals surface area (Å²) in [6.45, 7) is 7.48. The van der Waals surface area contributed by atoms with E-state index < -0.39 is 11.6 Å². The SMILES string of the molecule is CCc1ccc(NC(=O)[C@@H](N)CCC(=O)OC(C)(C)C)cc1. The second-order valence-corrected chi connectivity index (χ2v) is 6.27. The number of nitrogens with one attached hydrogen (secondary N) is 1. The van der Waals surface area contributed by atoms with Crippen molar-refractivity contribution < 1.29 is 14.3 Å². The van der Waals surface area contributed by atoms with E-state index in [0.29, 0.717) is 5.69 Å². The fraction of sp³-hybridized carbons (Fsp3) is 0.529. The Morgan fingerprint density at radius 3 is 2.32 bits per heavy atom. The lowest BCUT2D eigenvalue weighted by atomic mass is 10.1. The monoisotopic (exact) mass is 306 g/mol. The van der Waals surface area contributed by atoms with Crippen molar-refractivity contribution >= 4 is 17.6 Å². The van der Waals surface area contributed by atoms with E-state index in [1.54, 1.807) is 20.8 Å². The van der Waals surface area contributed by atoms with Gasteiger partial charge in [0.05, 0.1) is 6.04 Å². The number of aryl methyl sites for hydroxylation is 1. The van der Waals surface area contributed by atoms with E-state index in [2.05, 4.69) is 12.2 Å². The summed E-state index contributed by atoms with van der Waals surface area (Å²) in [5.74, 6) is -0.643. The molecule has 1 rings (SSSR count). The van der Waals surface area contributed by atoms with Crippen LogP contribution in [0.5, 0.6) is 0 Å². The average Bonchev–Trinajstić information content (AvgIpc) is 2.43. The molecule has 0 radical (unpaired) electrons. The van der Waals surface area contributed by atoms with E-state index in [1.807, 2.05) is 24.3 Å². The van der Waals surface area contributed by atoms with Crippen molar-refractivity contribution in [3.05, 3.63) is 29.8 Å². The van der Waals surface area contributed by atoms with Crippen molar-refractivity contribution in [2.75, 3.05) is 5.32 Å². The van der Waals surface area contributed by atoms with Gasteiger partial charge in [0.2, 0.25) is 5.91 Å². The highest BCUT2D eigenvalue weighted by molar-refractivity contribution is 5.94. The summed E-state index contributed by atoms with van der Waals surface area (Å²) in [6.07, 6.45) is 1.33. The van der Waals surface area contributed by atoms with Crippen LogP contribution in [-0.4, -0.2) is 23.5 Å². The number of hydrogen-bond acceptors (Lipinski definition) is 4. The van der Waals surface area contributed by atoms with Gasteiger partial charge in [-0.2, -0.15) is 0 Å². The first kappa shape index (κ1) is 18.2. The van der Waals surface area contributed by atoms with Crippen molar-refractivity contribution in [1.82, 2.24) is 0 Å². The Hall–Kier alpha value is -1.88. The van der Waals surface area contributed by atoms with Crippen molar-refractivity contribution in [2.45, 2.75) is 58.6 Å². The zero-order valence-electron chi connectivity index (χ0n) is 13.8. The lowest BCUT2D eigenvalue weighted by Crippen LogP contribution is -2.36. The van der Waals surface area contributed by atoms with Gasteiger partial charge >= 0.3 is 5.97 Å². The summed E-state index contributed by atoms with van der Waals surface area (Å²) < 4.78 is 5.19. The summed E-state index contributed by atoms with van der Waals surface area (Å²) in [6, 6.07) is 6.87. The molecule has 0 bridgehead atoms. The molecule has 5 nitrogen and oxygen atoms in total. The summed E-state index contributed by atoms with van der Waals surface area (Å²) in [7, 11) is 0. The number of anilines is 1. The minimum atomic E-state index is -0.738. The van der Waals surface area contributed by atoms with Crippen LogP contribution in [0, 0.1) is 0 Å². The molecule has 1 aromatic rings. The first-order valence-corrected chi connectivity index (χ1v) is 7.58. The zero-order valence-corrected chi connectivity index (χ0v) is 13.8. The van der Waals surface area contributed by atoms with Gasteiger partial charge in [-0.05, 0) is 51.3 Å². The predicted octanol–water partition coefficient (Wildman–Crippen LogP) is 2.64. The molecule has 22 heavy (non-hydrogen) atoms. The first-order valence-electron chi connectivity index (χ1n) is 7.58. The van der Waals surface area contributed by atoms with Gasteiger partial charge in [-0.15, -0.1) is 0 Å². The predicted molar refractivity (Wildman–Crippen MR) is 87.5 cm³/mol. The molecule has 122 valence electrons. The zero-order chi connectivity index (χ0) is 16.8. The van der Waals surface area contributed by atoms with E-state index >= 15 is 0 Å². The lowest BCUT2D eigenvalue weighted by molar-refractivity contribution is -0.155. The number of nitrogens with two attached hydrogens (primary N) is 1. The Bertz CT molecular complexity index is 504. The van der Waals surface area contributed by atoms with Gasteiger partial charge in [0.25, 0.3) is 0 Å². The molecular weight excluding hydrogens is 280 g/mol. The summed E-state index contributed by atoms with van der Waals surface area (Å²) in [5, 5.41) is 2.75. The number of amides is 1. The number of benzene rings is 1. The Morgan fingerprint density at radius 1 is 1.23 bits per heavy atom. The number of esters is 1. The van der Waals surface area contributed by atoms with Gasteiger partial charge in [-0.1, -0.05) is 19.1 Å². The first-order chi connectivity index (χ1) is 10.2. The second kappa shape index (κ2) is 7.94. The number of ether oxygens (including phenoxy) is 1. The van der Waals surface area contributed by atoms with Crippen LogP contribution in [0.1, 0.15) is 46.1 Å². The topological polar surface area (TPSA) is 81.4 Å². The maximum Gasteiger partial charge on any atom is 0.306 e. The van der Waals surface area contributed by atoms with Crippen LogP contribution < -0.4 is 11.1 Å². The molecule has 3 N–H and O–H groups in total. The van der Waals surface area contributed by atoms with Gasteiger partial charge in [-0.25, -0.2) is 0 Å². The van der Waals surface area contributed by atoms with E-state index in [1.165, 1.54) is 5.56 Å². The minimum absolute atomic E-state index is 0.126. The fourth-order valence-corrected chi connectivity index (χ4v) is 1.86.